The van der Waals surface area contributed by atoms with Crippen molar-refractivity contribution in [3.63, 3.8) is 0 Å². The zero-order chi connectivity index (χ0) is 17.6. The number of rotatable bonds is 7. The molecule has 8 heteroatoms. The average molecular weight is 349 g/mol. The Morgan fingerprint density at radius 1 is 1.12 bits per heavy atom. The van der Waals surface area contributed by atoms with Gasteiger partial charge in [0, 0.05) is 12.2 Å². The number of aliphatic hydroxyl groups is 1. The van der Waals surface area contributed by atoms with Crippen LogP contribution in [0.4, 0.5) is 5.69 Å². The van der Waals surface area contributed by atoms with E-state index in [0.717, 1.165) is 5.56 Å². The molecule has 128 valence electrons. The van der Waals surface area contributed by atoms with E-state index in [-0.39, 0.29) is 23.9 Å². The largest absolute Gasteiger partial charge is 0.387 e. The van der Waals surface area contributed by atoms with Gasteiger partial charge in [0.25, 0.3) is 0 Å². The van der Waals surface area contributed by atoms with Crippen LogP contribution in [0.3, 0.4) is 0 Å². The Hall–Kier alpha value is -2.26. The molecule has 0 fully saturated rings. The Balaban J connectivity index is 1.84. The Morgan fingerprint density at radius 2 is 1.83 bits per heavy atom. The summed E-state index contributed by atoms with van der Waals surface area (Å²) in [6.07, 6.45) is -0.718. The summed E-state index contributed by atoms with van der Waals surface area (Å²) in [5.41, 5.74) is 1.09. The van der Waals surface area contributed by atoms with Gasteiger partial charge < -0.3 is 15.7 Å². The summed E-state index contributed by atoms with van der Waals surface area (Å²) in [5.74, 6) is -0.359. The number of nitrogens with two attached hydrogens (primary N) is 1. The first-order chi connectivity index (χ1) is 11.4. The summed E-state index contributed by atoms with van der Waals surface area (Å²) in [7, 11) is -3.82. The molecule has 24 heavy (non-hydrogen) atoms. The van der Waals surface area contributed by atoms with Gasteiger partial charge in [0.1, 0.15) is 0 Å². The van der Waals surface area contributed by atoms with Crippen LogP contribution in [0.1, 0.15) is 11.7 Å². The van der Waals surface area contributed by atoms with Gasteiger partial charge in [0.2, 0.25) is 15.9 Å². The molecule has 1 atom stereocenters. The molecule has 0 aromatic heterocycles. The maximum absolute atomic E-state index is 11.9. The smallest absolute Gasteiger partial charge is 0.238 e. The molecule has 0 heterocycles. The molecule has 0 radical (unpaired) electrons. The van der Waals surface area contributed by atoms with Crippen LogP contribution < -0.4 is 15.8 Å². The maximum atomic E-state index is 11.9. The normalized spacial score (nSPS) is 12.6. The van der Waals surface area contributed by atoms with Crippen molar-refractivity contribution in [2.45, 2.75) is 11.0 Å². The number of carbonyl (C=O) groups excluding carboxylic acids is 1. The fraction of sp³-hybridized carbons (Fsp3) is 0.188. The van der Waals surface area contributed by atoms with Gasteiger partial charge in [-0.05, 0) is 23.8 Å². The molecule has 0 aliphatic rings. The van der Waals surface area contributed by atoms with E-state index in [4.69, 9.17) is 5.14 Å². The summed E-state index contributed by atoms with van der Waals surface area (Å²) in [6.45, 7) is 0.193. The van der Waals surface area contributed by atoms with Crippen LogP contribution in [0, 0.1) is 0 Å². The molecule has 0 saturated carbocycles. The number of amides is 1. The van der Waals surface area contributed by atoms with E-state index in [0.29, 0.717) is 5.69 Å². The molecule has 0 saturated heterocycles. The number of sulfonamides is 1. The molecule has 0 aliphatic carbocycles. The first-order valence-corrected chi connectivity index (χ1v) is 8.77. The summed E-state index contributed by atoms with van der Waals surface area (Å²) < 4.78 is 22.6. The number of carbonyl (C=O) groups is 1. The molecule has 5 N–H and O–H groups in total. The molecule has 1 amide bonds. The zero-order valence-corrected chi connectivity index (χ0v) is 13.7. The monoisotopic (exact) mass is 349 g/mol. The van der Waals surface area contributed by atoms with Crippen molar-refractivity contribution >= 4 is 21.6 Å². The second-order valence-corrected chi connectivity index (χ2v) is 6.74. The van der Waals surface area contributed by atoms with Crippen LogP contribution in [0.15, 0.2) is 59.5 Å². The minimum absolute atomic E-state index is 0.0243. The average Bonchev–Trinajstić information content (AvgIpc) is 2.55. The minimum atomic E-state index is -3.82. The van der Waals surface area contributed by atoms with Crippen molar-refractivity contribution in [2.75, 3.05) is 18.4 Å². The highest BCUT2D eigenvalue weighted by molar-refractivity contribution is 7.89. The quantitative estimate of drug-likeness (QED) is 0.583. The summed E-state index contributed by atoms with van der Waals surface area (Å²) in [6, 6.07) is 14.8. The van der Waals surface area contributed by atoms with Crippen LogP contribution in [-0.4, -0.2) is 32.5 Å². The molecular weight excluding hydrogens is 330 g/mol. The van der Waals surface area contributed by atoms with Crippen LogP contribution in [-0.2, 0) is 14.8 Å². The molecule has 0 bridgehead atoms. The van der Waals surface area contributed by atoms with Crippen molar-refractivity contribution in [1.29, 1.82) is 0 Å². The van der Waals surface area contributed by atoms with Crippen molar-refractivity contribution in [3.05, 3.63) is 60.2 Å². The number of hydrogen-bond acceptors (Lipinski definition) is 5. The lowest BCUT2D eigenvalue weighted by atomic mass is 10.1. The molecular formula is C16H19N3O4S. The molecule has 0 unspecified atom stereocenters. The van der Waals surface area contributed by atoms with Crippen molar-refractivity contribution in [3.8, 4) is 0 Å². The minimum Gasteiger partial charge on any atom is -0.387 e. The topological polar surface area (TPSA) is 122 Å². The highest BCUT2D eigenvalue weighted by Crippen LogP contribution is 2.14. The van der Waals surface area contributed by atoms with E-state index in [1.54, 1.807) is 18.2 Å². The predicted molar refractivity (Wildman–Crippen MR) is 90.7 cm³/mol. The van der Waals surface area contributed by atoms with Gasteiger partial charge in [-0.25, -0.2) is 13.6 Å². The lowest BCUT2D eigenvalue weighted by molar-refractivity contribution is -0.115. The Labute approximate surface area is 140 Å². The van der Waals surface area contributed by atoms with Crippen LogP contribution in [0.25, 0.3) is 0 Å². The highest BCUT2D eigenvalue weighted by Gasteiger charge is 2.10. The number of benzene rings is 2. The first kappa shape index (κ1) is 18.1. The lowest BCUT2D eigenvalue weighted by Crippen LogP contribution is -2.31. The SMILES string of the molecule is NS(=O)(=O)c1cccc(NC(=O)CNC[C@@H](O)c2ccccc2)c1. The molecule has 2 rings (SSSR count). The summed E-state index contributed by atoms with van der Waals surface area (Å²) >= 11 is 0. The molecule has 2 aromatic carbocycles. The third kappa shape index (κ3) is 5.43. The summed E-state index contributed by atoms with van der Waals surface area (Å²) in [4.78, 5) is 11.8. The van der Waals surface area contributed by atoms with Crippen molar-refractivity contribution < 1.29 is 18.3 Å². The molecule has 0 spiro atoms. The Kier molecular flexibility index (Phi) is 6.04. The third-order valence-corrected chi connectivity index (χ3v) is 4.16. The van der Waals surface area contributed by atoms with E-state index >= 15 is 0 Å². The molecule has 2 aromatic rings. The van der Waals surface area contributed by atoms with Crippen LogP contribution in [0.5, 0.6) is 0 Å². The van der Waals surface area contributed by atoms with Crippen LogP contribution in [0.2, 0.25) is 0 Å². The zero-order valence-electron chi connectivity index (χ0n) is 12.8. The molecule has 7 nitrogen and oxygen atoms in total. The maximum Gasteiger partial charge on any atom is 0.238 e. The fourth-order valence-electron chi connectivity index (χ4n) is 2.07. The van der Waals surface area contributed by atoms with Gasteiger partial charge >= 0.3 is 0 Å². The molecule has 0 aliphatic heterocycles. The number of nitrogens with one attached hydrogen (secondary N) is 2. The van der Waals surface area contributed by atoms with E-state index in [9.17, 15) is 18.3 Å². The van der Waals surface area contributed by atoms with Gasteiger partial charge in [-0.15, -0.1) is 0 Å². The van der Waals surface area contributed by atoms with Gasteiger partial charge in [0.15, 0.2) is 0 Å². The van der Waals surface area contributed by atoms with E-state index in [2.05, 4.69) is 10.6 Å². The van der Waals surface area contributed by atoms with Gasteiger partial charge in [0.05, 0.1) is 17.5 Å². The highest BCUT2D eigenvalue weighted by atomic mass is 32.2. The van der Waals surface area contributed by atoms with E-state index < -0.39 is 16.1 Å². The van der Waals surface area contributed by atoms with Gasteiger partial charge in [-0.2, -0.15) is 0 Å². The second kappa shape index (κ2) is 8.02. The van der Waals surface area contributed by atoms with Crippen LogP contribution >= 0.6 is 0 Å². The fourth-order valence-corrected chi connectivity index (χ4v) is 2.63. The Morgan fingerprint density at radius 3 is 2.50 bits per heavy atom. The van der Waals surface area contributed by atoms with E-state index in [1.807, 2.05) is 18.2 Å². The predicted octanol–water partition coefficient (Wildman–Crippen LogP) is 0.596. The lowest BCUT2D eigenvalue weighted by Gasteiger charge is -2.12. The second-order valence-electron chi connectivity index (χ2n) is 5.18. The number of aliphatic hydroxyl groups excluding tert-OH is 1. The first-order valence-electron chi connectivity index (χ1n) is 7.23. The number of hydrogen-bond donors (Lipinski definition) is 4. The third-order valence-electron chi connectivity index (χ3n) is 3.25. The number of anilines is 1. The van der Waals surface area contributed by atoms with Gasteiger partial charge in [-0.1, -0.05) is 36.4 Å². The van der Waals surface area contributed by atoms with E-state index in [1.165, 1.54) is 18.2 Å². The Bertz CT molecular complexity index is 794. The van der Waals surface area contributed by atoms with Gasteiger partial charge in [-0.3, -0.25) is 4.79 Å². The standard InChI is InChI=1S/C16H19N3O4S/c17-24(22,23)14-8-4-7-13(9-14)19-16(21)11-18-10-15(20)12-5-2-1-3-6-12/h1-9,15,18,20H,10-11H2,(H,19,21)(H2,17,22,23)/t15-/m1/s1. The van der Waals surface area contributed by atoms with Crippen molar-refractivity contribution in [2.24, 2.45) is 5.14 Å². The summed E-state index contributed by atoms with van der Waals surface area (Å²) in [5, 5.41) is 20.4. The van der Waals surface area contributed by atoms with Crippen molar-refractivity contribution in [1.82, 2.24) is 5.32 Å². The number of primary sulfonamides is 1.